The van der Waals surface area contributed by atoms with Crippen LogP contribution >= 0.6 is 0 Å². The molecule has 112 valence electrons. The lowest BCUT2D eigenvalue weighted by Gasteiger charge is -2.42. The number of aliphatic hydroxyl groups excluding tert-OH is 1. The molecule has 3 nitrogen and oxygen atoms in total. The Morgan fingerprint density at radius 1 is 1.16 bits per heavy atom. The zero-order chi connectivity index (χ0) is 13.9. The highest BCUT2D eigenvalue weighted by Gasteiger charge is 2.37. The number of nitrogens with zero attached hydrogens (tertiary/aromatic N) is 1. The smallest absolute Gasteiger partial charge is 0.0632 e. The van der Waals surface area contributed by atoms with Crippen LogP contribution in [0.2, 0.25) is 0 Å². The topological polar surface area (TPSA) is 43.7 Å². The van der Waals surface area contributed by atoms with Crippen molar-refractivity contribution < 1.29 is 10.2 Å². The predicted octanol–water partition coefficient (Wildman–Crippen LogP) is 2.41. The molecule has 19 heavy (non-hydrogen) atoms. The first-order chi connectivity index (χ1) is 8.95. The van der Waals surface area contributed by atoms with Crippen LogP contribution in [0.25, 0.3) is 0 Å². The van der Waals surface area contributed by atoms with Gasteiger partial charge in [-0.1, -0.05) is 19.8 Å². The number of likely N-dealkylation sites (tertiary alicyclic amines) is 1. The highest BCUT2D eigenvalue weighted by Crippen LogP contribution is 2.40. The van der Waals surface area contributed by atoms with E-state index in [9.17, 15) is 10.2 Å². The van der Waals surface area contributed by atoms with Gasteiger partial charge in [0.05, 0.1) is 5.60 Å². The molecule has 0 radical (unpaired) electrons. The third-order valence-electron chi connectivity index (χ3n) is 5.24. The Morgan fingerprint density at radius 2 is 1.95 bits per heavy atom. The average molecular weight is 269 g/mol. The molecule has 0 spiro atoms. The lowest BCUT2D eigenvalue weighted by Crippen LogP contribution is -2.43. The van der Waals surface area contributed by atoms with Crippen LogP contribution < -0.4 is 0 Å². The van der Waals surface area contributed by atoms with Crippen molar-refractivity contribution in [1.29, 1.82) is 0 Å². The van der Waals surface area contributed by atoms with Gasteiger partial charge in [-0.15, -0.1) is 0 Å². The second-order valence-electron chi connectivity index (χ2n) is 7.49. The van der Waals surface area contributed by atoms with Crippen molar-refractivity contribution in [2.24, 2.45) is 11.3 Å². The van der Waals surface area contributed by atoms with Crippen molar-refractivity contribution >= 4 is 0 Å². The Morgan fingerprint density at radius 3 is 2.63 bits per heavy atom. The fourth-order valence-corrected chi connectivity index (χ4v) is 4.06. The van der Waals surface area contributed by atoms with Gasteiger partial charge >= 0.3 is 0 Å². The van der Waals surface area contributed by atoms with Crippen molar-refractivity contribution in [3.05, 3.63) is 0 Å². The molecule has 1 aliphatic heterocycles. The van der Waals surface area contributed by atoms with Crippen LogP contribution in [0.5, 0.6) is 0 Å². The average Bonchev–Trinajstić information content (AvgIpc) is 2.51. The number of hydrogen-bond donors (Lipinski definition) is 2. The minimum Gasteiger partial charge on any atom is -0.396 e. The molecular weight excluding hydrogens is 238 g/mol. The van der Waals surface area contributed by atoms with Crippen molar-refractivity contribution in [2.45, 2.75) is 64.4 Å². The molecule has 1 heterocycles. The first-order valence-electron chi connectivity index (χ1n) is 8.00. The summed E-state index contributed by atoms with van der Waals surface area (Å²) in [5.74, 6) is 0.746. The molecule has 2 rings (SSSR count). The number of aliphatic hydroxyl groups is 2. The van der Waals surface area contributed by atoms with E-state index < -0.39 is 5.60 Å². The van der Waals surface area contributed by atoms with Gasteiger partial charge in [-0.25, -0.2) is 0 Å². The van der Waals surface area contributed by atoms with Crippen LogP contribution in [0, 0.1) is 11.3 Å². The highest BCUT2D eigenvalue weighted by atomic mass is 16.3. The Balaban J connectivity index is 1.94. The minimum atomic E-state index is -0.485. The summed E-state index contributed by atoms with van der Waals surface area (Å²) >= 11 is 0. The molecule has 2 aliphatic rings. The number of rotatable bonds is 3. The fraction of sp³-hybridized carbons (Fsp3) is 1.00. The van der Waals surface area contributed by atoms with E-state index in [1.165, 1.54) is 19.3 Å². The molecule has 0 aromatic carbocycles. The van der Waals surface area contributed by atoms with Crippen LogP contribution in [-0.2, 0) is 0 Å². The van der Waals surface area contributed by atoms with Gasteiger partial charge in [0.15, 0.2) is 0 Å². The molecule has 3 unspecified atom stereocenters. The van der Waals surface area contributed by atoms with Gasteiger partial charge in [0.2, 0.25) is 0 Å². The lowest BCUT2D eigenvalue weighted by atomic mass is 9.70. The van der Waals surface area contributed by atoms with Gasteiger partial charge in [0.1, 0.15) is 0 Å². The van der Waals surface area contributed by atoms with Gasteiger partial charge in [-0.05, 0) is 51.5 Å². The largest absolute Gasteiger partial charge is 0.396 e. The van der Waals surface area contributed by atoms with Crippen molar-refractivity contribution in [3.63, 3.8) is 0 Å². The molecular formula is C16H31NO2. The summed E-state index contributed by atoms with van der Waals surface area (Å²) in [6, 6.07) is 0. The summed E-state index contributed by atoms with van der Waals surface area (Å²) in [6.45, 7) is 7.67. The molecule has 1 saturated heterocycles. The Hall–Kier alpha value is -0.120. The maximum absolute atomic E-state index is 10.2. The zero-order valence-corrected chi connectivity index (χ0v) is 12.7. The van der Waals surface area contributed by atoms with E-state index in [4.69, 9.17) is 0 Å². The van der Waals surface area contributed by atoms with Crippen LogP contribution in [0.3, 0.4) is 0 Å². The zero-order valence-electron chi connectivity index (χ0n) is 12.7. The maximum Gasteiger partial charge on any atom is 0.0632 e. The van der Waals surface area contributed by atoms with Crippen molar-refractivity contribution in [1.82, 2.24) is 4.90 Å². The molecule has 2 N–H and O–H groups in total. The molecule has 0 aromatic heterocycles. The molecule has 3 heteroatoms. The summed E-state index contributed by atoms with van der Waals surface area (Å²) < 4.78 is 0. The Bertz CT molecular complexity index is 292. The molecule has 3 atom stereocenters. The van der Waals surface area contributed by atoms with Gasteiger partial charge in [-0.3, -0.25) is 0 Å². The Kier molecular flexibility index (Phi) is 4.91. The van der Waals surface area contributed by atoms with Gasteiger partial charge in [-0.2, -0.15) is 0 Å². The SMILES string of the molecule is CC1CCCC(CO)(CN2CCCC(C)(O)CC2)C1. The quantitative estimate of drug-likeness (QED) is 0.827. The van der Waals surface area contributed by atoms with Gasteiger partial charge in [0, 0.05) is 25.1 Å². The second-order valence-corrected chi connectivity index (χ2v) is 7.49. The lowest BCUT2D eigenvalue weighted by molar-refractivity contribution is 0.0178. The molecule has 1 saturated carbocycles. The summed E-state index contributed by atoms with van der Waals surface area (Å²) in [7, 11) is 0. The molecule has 1 aliphatic carbocycles. The van der Waals surface area contributed by atoms with E-state index in [2.05, 4.69) is 11.8 Å². The van der Waals surface area contributed by atoms with E-state index in [1.54, 1.807) is 0 Å². The first kappa shape index (κ1) is 15.3. The van der Waals surface area contributed by atoms with Gasteiger partial charge in [0.25, 0.3) is 0 Å². The normalized spacial score (nSPS) is 42.0. The third-order valence-corrected chi connectivity index (χ3v) is 5.24. The molecule has 2 fully saturated rings. The summed E-state index contributed by atoms with van der Waals surface area (Å²) in [5, 5.41) is 20.1. The summed E-state index contributed by atoms with van der Waals surface area (Å²) in [4.78, 5) is 2.48. The van der Waals surface area contributed by atoms with Crippen LogP contribution in [0.1, 0.15) is 58.8 Å². The van der Waals surface area contributed by atoms with Gasteiger partial charge < -0.3 is 15.1 Å². The van der Waals surface area contributed by atoms with E-state index in [0.717, 1.165) is 51.2 Å². The Labute approximate surface area is 118 Å². The third kappa shape index (κ3) is 4.17. The van der Waals surface area contributed by atoms with Crippen LogP contribution in [-0.4, -0.2) is 47.0 Å². The van der Waals surface area contributed by atoms with Crippen molar-refractivity contribution in [2.75, 3.05) is 26.2 Å². The maximum atomic E-state index is 10.2. The first-order valence-corrected chi connectivity index (χ1v) is 8.00. The molecule has 0 amide bonds. The molecule has 0 bridgehead atoms. The van der Waals surface area contributed by atoms with E-state index in [-0.39, 0.29) is 5.41 Å². The minimum absolute atomic E-state index is 0.119. The van der Waals surface area contributed by atoms with E-state index in [1.807, 2.05) is 6.92 Å². The van der Waals surface area contributed by atoms with E-state index in [0.29, 0.717) is 6.61 Å². The second kappa shape index (κ2) is 6.11. The predicted molar refractivity (Wildman–Crippen MR) is 78.1 cm³/mol. The molecule has 0 aromatic rings. The summed E-state index contributed by atoms with van der Waals surface area (Å²) in [5.41, 5.74) is -0.366. The standard InChI is InChI=1S/C16H31NO2/c1-14-5-3-7-16(11-14,13-18)12-17-9-4-6-15(2,19)8-10-17/h14,18-19H,3-13H2,1-2H3. The van der Waals surface area contributed by atoms with E-state index >= 15 is 0 Å². The monoisotopic (exact) mass is 269 g/mol. The van der Waals surface area contributed by atoms with Crippen molar-refractivity contribution in [3.8, 4) is 0 Å². The fourth-order valence-electron chi connectivity index (χ4n) is 4.06. The number of hydrogen-bond acceptors (Lipinski definition) is 3. The highest BCUT2D eigenvalue weighted by molar-refractivity contribution is 4.89. The van der Waals surface area contributed by atoms with Crippen LogP contribution in [0.15, 0.2) is 0 Å². The van der Waals surface area contributed by atoms with Crippen LogP contribution in [0.4, 0.5) is 0 Å². The summed E-state index contributed by atoms with van der Waals surface area (Å²) in [6.07, 6.45) is 7.75.